The summed E-state index contributed by atoms with van der Waals surface area (Å²) in [5.41, 5.74) is 3.29. The third-order valence-electron chi connectivity index (χ3n) is 2.84. The van der Waals surface area contributed by atoms with Crippen LogP contribution >= 0.6 is 0 Å². The fraction of sp³-hybridized carbons (Fsp3) is 0.333. The summed E-state index contributed by atoms with van der Waals surface area (Å²) in [6, 6.07) is 8.03. The molecule has 0 fully saturated rings. The lowest BCUT2D eigenvalue weighted by Gasteiger charge is -2.10. The highest BCUT2D eigenvalue weighted by molar-refractivity contribution is 5.36. The van der Waals surface area contributed by atoms with Gasteiger partial charge in [-0.25, -0.2) is 9.97 Å². The van der Waals surface area contributed by atoms with Crippen molar-refractivity contribution in [3.63, 3.8) is 0 Å². The van der Waals surface area contributed by atoms with E-state index >= 15 is 0 Å². The molecule has 4 heteroatoms. The van der Waals surface area contributed by atoms with Crippen molar-refractivity contribution in [1.82, 2.24) is 9.97 Å². The van der Waals surface area contributed by atoms with E-state index in [0.29, 0.717) is 12.4 Å². The number of hydrogen-bond donors (Lipinski definition) is 1. The predicted molar refractivity (Wildman–Crippen MR) is 76.6 cm³/mol. The molecule has 0 saturated heterocycles. The molecule has 0 saturated carbocycles. The lowest BCUT2D eigenvalue weighted by molar-refractivity contribution is 0.293. The fourth-order valence-corrected chi connectivity index (χ4v) is 1.93. The van der Waals surface area contributed by atoms with Crippen LogP contribution in [0.2, 0.25) is 0 Å². The molecule has 0 bridgehead atoms. The minimum Gasteiger partial charge on any atom is -0.485 e. The lowest BCUT2D eigenvalue weighted by atomic mass is 10.1. The number of nitrogens with zero attached hydrogens (tertiary/aromatic N) is 2. The minimum atomic E-state index is 0.375. The number of aromatic nitrogens is 2. The van der Waals surface area contributed by atoms with Crippen LogP contribution in [-0.2, 0) is 6.61 Å². The highest BCUT2D eigenvalue weighted by Gasteiger charge is 2.04. The molecule has 1 aromatic carbocycles. The van der Waals surface area contributed by atoms with Crippen molar-refractivity contribution in [3.05, 3.63) is 46.9 Å². The van der Waals surface area contributed by atoms with Crippen molar-refractivity contribution in [2.75, 3.05) is 12.4 Å². The third kappa shape index (κ3) is 3.44. The number of benzene rings is 1. The Bertz CT molecular complexity index is 582. The molecule has 0 aliphatic rings. The Balaban J connectivity index is 2.12. The van der Waals surface area contributed by atoms with E-state index in [-0.39, 0.29) is 0 Å². The highest BCUT2D eigenvalue weighted by atomic mass is 16.5. The van der Waals surface area contributed by atoms with Gasteiger partial charge in [0, 0.05) is 18.8 Å². The SMILES string of the molecule is CNc1cc(C)nc(COc2ccc(C)cc2C)n1. The third-order valence-corrected chi connectivity index (χ3v) is 2.84. The number of ether oxygens (including phenoxy) is 1. The zero-order valence-corrected chi connectivity index (χ0v) is 11.8. The van der Waals surface area contributed by atoms with Crippen LogP contribution in [-0.4, -0.2) is 17.0 Å². The Hall–Kier alpha value is -2.10. The summed E-state index contributed by atoms with van der Waals surface area (Å²) in [5, 5.41) is 3.02. The maximum atomic E-state index is 5.78. The average molecular weight is 257 g/mol. The average Bonchev–Trinajstić information content (AvgIpc) is 2.37. The summed E-state index contributed by atoms with van der Waals surface area (Å²) >= 11 is 0. The van der Waals surface area contributed by atoms with Crippen molar-refractivity contribution < 1.29 is 4.74 Å². The van der Waals surface area contributed by atoms with E-state index in [1.807, 2.05) is 39.1 Å². The Morgan fingerprint density at radius 3 is 2.58 bits per heavy atom. The standard InChI is InChI=1S/C15H19N3O/c1-10-5-6-13(11(2)7-10)19-9-15-17-12(3)8-14(16-4)18-15/h5-8H,9H2,1-4H3,(H,16,17,18). The van der Waals surface area contributed by atoms with Crippen molar-refractivity contribution in [1.29, 1.82) is 0 Å². The van der Waals surface area contributed by atoms with Crippen LogP contribution in [0.5, 0.6) is 5.75 Å². The summed E-state index contributed by atoms with van der Waals surface area (Å²) in [7, 11) is 1.84. The van der Waals surface area contributed by atoms with Gasteiger partial charge in [-0.2, -0.15) is 0 Å². The second-order valence-electron chi connectivity index (χ2n) is 4.62. The molecule has 1 aromatic heterocycles. The number of hydrogen-bond acceptors (Lipinski definition) is 4. The molecule has 0 unspecified atom stereocenters. The summed E-state index contributed by atoms with van der Waals surface area (Å²) in [6.07, 6.45) is 0. The normalized spacial score (nSPS) is 10.3. The van der Waals surface area contributed by atoms with E-state index in [4.69, 9.17) is 4.74 Å². The first-order valence-corrected chi connectivity index (χ1v) is 6.31. The fourth-order valence-electron chi connectivity index (χ4n) is 1.93. The van der Waals surface area contributed by atoms with E-state index in [9.17, 15) is 0 Å². The van der Waals surface area contributed by atoms with Crippen molar-refractivity contribution in [2.45, 2.75) is 27.4 Å². The van der Waals surface area contributed by atoms with E-state index in [1.165, 1.54) is 5.56 Å². The molecule has 0 aliphatic carbocycles. The van der Waals surface area contributed by atoms with Gasteiger partial charge < -0.3 is 10.1 Å². The molecule has 100 valence electrons. The molecule has 0 aliphatic heterocycles. The van der Waals surface area contributed by atoms with E-state index in [2.05, 4.69) is 28.3 Å². The smallest absolute Gasteiger partial charge is 0.168 e. The number of anilines is 1. The summed E-state index contributed by atoms with van der Waals surface area (Å²) in [4.78, 5) is 8.74. The van der Waals surface area contributed by atoms with Gasteiger partial charge >= 0.3 is 0 Å². The molecule has 0 atom stereocenters. The van der Waals surface area contributed by atoms with E-state index in [1.54, 1.807) is 0 Å². The first kappa shape index (κ1) is 13.3. The molecule has 1 heterocycles. The zero-order chi connectivity index (χ0) is 13.8. The first-order chi connectivity index (χ1) is 9.08. The van der Waals surface area contributed by atoms with Crippen LogP contribution in [0.25, 0.3) is 0 Å². The van der Waals surface area contributed by atoms with Crippen LogP contribution < -0.4 is 10.1 Å². The molecule has 0 spiro atoms. The van der Waals surface area contributed by atoms with Gasteiger partial charge in [-0.05, 0) is 32.4 Å². The molecule has 0 amide bonds. The van der Waals surface area contributed by atoms with Gasteiger partial charge in [0.1, 0.15) is 18.2 Å². The maximum Gasteiger partial charge on any atom is 0.168 e. The Labute approximate surface area is 113 Å². The van der Waals surface area contributed by atoms with Crippen LogP contribution in [0.15, 0.2) is 24.3 Å². The summed E-state index contributed by atoms with van der Waals surface area (Å²) < 4.78 is 5.78. The minimum absolute atomic E-state index is 0.375. The highest BCUT2D eigenvalue weighted by Crippen LogP contribution is 2.19. The number of aryl methyl sites for hydroxylation is 3. The van der Waals surface area contributed by atoms with Gasteiger partial charge in [0.05, 0.1) is 0 Å². The van der Waals surface area contributed by atoms with Crippen LogP contribution in [0.4, 0.5) is 5.82 Å². The second kappa shape index (κ2) is 5.69. The van der Waals surface area contributed by atoms with E-state index < -0.39 is 0 Å². The predicted octanol–water partition coefficient (Wildman–Crippen LogP) is 3.02. The molecule has 19 heavy (non-hydrogen) atoms. The summed E-state index contributed by atoms with van der Waals surface area (Å²) in [6.45, 7) is 6.43. The Kier molecular flexibility index (Phi) is 4.00. The topological polar surface area (TPSA) is 47.0 Å². The van der Waals surface area contributed by atoms with Gasteiger partial charge in [-0.3, -0.25) is 0 Å². The van der Waals surface area contributed by atoms with Crippen LogP contribution in [0, 0.1) is 20.8 Å². The quantitative estimate of drug-likeness (QED) is 0.914. The Morgan fingerprint density at radius 2 is 1.89 bits per heavy atom. The van der Waals surface area contributed by atoms with Gasteiger partial charge in [0.15, 0.2) is 5.82 Å². The molecular formula is C15H19N3O. The van der Waals surface area contributed by atoms with Gasteiger partial charge in [0.2, 0.25) is 0 Å². The molecule has 1 N–H and O–H groups in total. The van der Waals surface area contributed by atoms with Gasteiger partial charge in [-0.15, -0.1) is 0 Å². The van der Waals surface area contributed by atoms with Crippen LogP contribution in [0.1, 0.15) is 22.6 Å². The summed E-state index contributed by atoms with van der Waals surface area (Å²) in [5.74, 6) is 2.37. The lowest BCUT2D eigenvalue weighted by Crippen LogP contribution is -2.06. The second-order valence-corrected chi connectivity index (χ2v) is 4.62. The van der Waals surface area contributed by atoms with Crippen LogP contribution in [0.3, 0.4) is 0 Å². The number of nitrogens with one attached hydrogen (secondary N) is 1. The molecule has 2 rings (SSSR count). The van der Waals surface area contributed by atoms with Gasteiger partial charge in [-0.1, -0.05) is 17.7 Å². The maximum absolute atomic E-state index is 5.78. The Morgan fingerprint density at radius 1 is 1.11 bits per heavy atom. The zero-order valence-electron chi connectivity index (χ0n) is 11.8. The van der Waals surface area contributed by atoms with Crippen molar-refractivity contribution >= 4 is 5.82 Å². The monoisotopic (exact) mass is 257 g/mol. The van der Waals surface area contributed by atoms with Crippen molar-refractivity contribution in [2.24, 2.45) is 0 Å². The largest absolute Gasteiger partial charge is 0.485 e. The van der Waals surface area contributed by atoms with E-state index in [0.717, 1.165) is 22.8 Å². The molecule has 4 nitrogen and oxygen atoms in total. The molecule has 2 aromatic rings. The van der Waals surface area contributed by atoms with Crippen molar-refractivity contribution in [3.8, 4) is 5.75 Å². The molecule has 0 radical (unpaired) electrons. The van der Waals surface area contributed by atoms with Gasteiger partial charge in [0.25, 0.3) is 0 Å². The molecular weight excluding hydrogens is 238 g/mol. The first-order valence-electron chi connectivity index (χ1n) is 6.31. The number of rotatable bonds is 4.